The Balaban J connectivity index is 1.34. The molecular weight excluding hydrogens is 558 g/mol. The van der Waals surface area contributed by atoms with E-state index < -0.39 is 12.1 Å². The van der Waals surface area contributed by atoms with Crippen molar-refractivity contribution in [2.24, 2.45) is 5.92 Å². The third-order valence-corrected chi connectivity index (χ3v) is 8.69. The van der Waals surface area contributed by atoms with E-state index in [2.05, 4.69) is 16.0 Å². The highest BCUT2D eigenvalue weighted by Crippen LogP contribution is 2.31. The van der Waals surface area contributed by atoms with E-state index in [1.165, 1.54) is 6.42 Å². The number of carbonyl (C=O) groups excluding carboxylic acids is 3. The molecule has 3 aromatic rings. The molecule has 10 heteroatoms. The topological polar surface area (TPSA) is 123 Å². The number of nitrogens with one attached hydrogen (secondary N) is 3. The number of anilines is 2. The Bertz CT molecular complexity index is 1480. The van der Waals surface area contributed by atoms with Crippen molar-refractivity contribution in [3.8, 4) is 5.75 Å². The maximum atomic E-state index is 13.8. The van der Waals surface area contributed by atoms with E-state index in [1.807, 2.05) is 49.4 Å². The summed E-state index contributed by atoms with van der Waals surface area (Å²) in [4.78, 5) is 43.0. The molecule has 1 aliphatic carbocycles. The lowest BCUT2D eigenvalue weighted by atomic mass is 9.96. The van der Waals surface area contributed by atoms with Gasteiger partial charge in [0.1, 0.15) is 11.9 Å². The number of urea groups is 2. The Morgan fingerprint density at radius 2 is 1.80 bits per heavy atom. The molecule has 1 heterocycles. The first-order chi connectivity index (χ1) is 21.2. The number of benzene rings is 3. The van der Waals surface area contributed by atoms with Crippen LogP contribution in [0.15, 0.2) is 60.7 Å². The molecule has 1 fully saturated rings. The fraction of sp³-hybridized carbons (Fsp3) is 0.441. The van der Waals surface area contributed by atoms with Gasteiger partial charge in [0.2, 0.25) is 0 Å². The van der Waals surface area contributed by atoms with E-state index in [0.717, 1.165) is 42.1 Å². The second-order valence-corrected chi connectivity index (χ2v) is 12.1. The first-order valence-electron chi connectivity index (χ1n) is 15.5. The predicted octanol–water partition coefficient (Wildman–Crippen LogP) is 5.68. The standard InChI is InChI=1S/C34H43N5O5/c1-22-19-39(23(2)21-40)32(41)28-18-26(36-33(42)35-25-12-5-4-6-13-25)16-17-30(28)44-31(22)20-38(3)34(43)37-29-15-9-11-24-10-7-8-14-27(24)29/h7-11,14-18,22-23,25,31,40H,4-6,12-13,19-21H2,1-3H3,(H,37,43)(H2,35,36,42)/t22-,23-,31+/m1/s1. The summed E-state index contributed by atoms with van der Waals surface area (Å²) in [5.74, 6) is -0.0824. The van der Waals surface area contributed by atoms with Crippen LogP contribution in [-0.4, -0.2) is 77.8 Å². The number of hydrogen-bond acceptors (Lipinski definition) is 5. The summed E-state index contributed by atoms with van der Waals surface area (Å²) in [6.45, 7) is 4.15. The van der Waals surface area contributed by atoms with E-state index in [9.17, 15) is 19.5 Å². The number of nitrogens with zero attached hydrogens (tertiary/aromatic N) is 2. The number of carbonyl (C=O) groups is 3. The summed E-state index contributed by atoms with van der Waals surface area (Å²) < 4.78 is 6.44. The van der Waals surface area contributed by atoms with Crippen molar-refractivity contribution in [2.75, 3.05) is 37.4 Å². The molecule has 44 heavy (non-hydrogen) atoms. The van der Waals surface area contributed by atoms with Gasteiger partial charge in [-0.05, 0) is 49.4 Å². The quantitative estimate of drug-likeness (QED) is 0.278. The van der Waals surface area contributed by atoms with Crippen LogP contribution in [0.2, 0.25) is 0 Å². The first-order valence-corrected chi connectivity index (χ1v) is 15.5. The Morgan fingerprint density at radius 3 is 2.57 bits per heavy atom. The van der Waals surface area contributed by atoms with Crippen LogP contribution in [-0.2, 0) is 0 Å². The van der Waals surface area contributed by atoms with Crippen LogP contribution in [0.25, 0.3) is 10.8 Å². The highest BCUT2D eigenvalue weighted by atomic mass is 16.5. The smallest absolute Gasteiger partial charge is 0.321 e. The molecule has 1 saturated carbocycles. The van der Waals surface area contributed by atoms with Gasteiger partial charge in [-0.2, -0.15) is 0 Å². The molecule has 0 spiro atoms. The Hall–Kier alpha value is -4.31. The van der Waals surface area contributed by atoms with Gasteiger partial charge < -0.3 is 35.6 Å². The fourth-order valence-electron chi connectivity index (χ4n) is 6.02. The Kier molecular flexibility index (Phi) is 9.89. The van der Waals surface area contributed by atoms with Crippen molar-refractivity contribution in [1.82, 2.24) is 15.1 Å². The second-order valence-electron chi connectivity index (χ2n) is 12.1. The van der Waals surface area contributed by atoms with Crippen LogP contribution in [0.4, 0.5) is 21.0 Å². The zero-order chi connectivity index (χ0) is 31.2. The zero-order valence-electron chi connectivity index (χ0n) is 25.7. The van der Waals surface area contributed by atoms with Gasteiger partial charge in [-0.3, -0.25) is 4.79 Å². The molecule has 0 saturated heterocycles. The summed E-state index contributed by atoms with van der Waals surface area (Å²) in [5.41, 5.74) is 1.49. The minimum atomic E-state index is -0.452. The summed E-state index contributed by atoms with van der Waals surface area (Å²) >= 11 is 0. The van der Waals surface area contributed by atoms with Gasteiger partial charge in [-0.25, -0.2) is 9.59 Å². The minimum Gasteiger partial charge on any atom is -0.487 e. The average Bonchev–Trinajstić information content (AvgIpc) is 3.03. The van der Waals surface area contributed by atoms with Crippen molar-refractivity contribution in [1.29, 1.82) is 0 Å². The maximum absolute atomic E-state index is 13.8. The van der Waals surface area contributed by atoms with E-state index in [1.54, 1.807) is 42.0 Å². The molecule has 3 aromatic carbocycles. The highest BCUT2D eigenvalue weighted by molar-refractivity contribution is 6.02. The number of ether oxygens (including phenoxy) is 1. The molecule has 1 aliphatic heterocycles. The third kappa shape index (κ3) is 7.24. The number of hydrogen-bond donors (Lipinski definition) is 4. The van der Waals surface area contributed by atoms with E-state index in [0.29, 0.717) is 23.5 Å². The largest absolute Gasteiger partial charge is 0.487 e. The zero-order valence-corrected chi connectivity index (χ0v) is 25.7. The number of aliphatic hydroxyl groups is 1. The van der Waals surface area contributed by atoms with Crippen LogP contribution in [0, 0.1) is 5.92 Å². The number of amides is 5. The van der Waals surface area contributed by atoms with Gasteiger partial charge in [-0.15, -0.1) is 0 Å². The van der Waals surface area contributed by atoms with Crippen LogP contribution < -0.4 is 20.7 Å². The van der Waals surface area contributed by atoms with Crippen LogP contribution in [0.5, 0.6) is 5.75 Å². The van der Waals surface area contributed by atoms with Gasteiger partial charge >= 0.3 is 12.1 Å². The Labute approximate surface area is 258 Å². The summed E-state index contributed by atoms with van der Waals surface area (Å²) in [6, 6.07) is 17.8. The third-order valence-electron chi connectivity index (χ3n) is 8.69. The normalized spacial score (nSPS) is 19.6. The van der Waals surface area contributed by atoms with Gasteiger partial charge in [0.25, 0.3) is 5.91 Å². The van der Waals surface area contributed by atoms with Gasteiger partial charge in [-0.1, -0.05) is 62.6 Å². The molecule has 2 aliphatic rings. The number of likely N-dealkylation sites (N-methyl/N-ethyl adjacent to an activating group) is 1. The average molecular weight is 602 g/mol. The second kappa shape index (κ2) is 14.0. The highest BCUT2D eigenvalue weighted by Gasteiger charge is 2.34. The molecule has 5 amide bonds. The monoisotopic (exact) mass is 601 g/mol. The lowest BCUT2D eigenvalue weighted by Gasteiger charge is -2.38. The summed E-state index contributed by atoms with van der Waals surface area (Å²) in [6.07, 6.45) is 4.88. The fourth-order valence-corrected chi connectivity index (χ4v) is 6.02. The van der Waals surface area contributed by atoms with E-state index in [4.69, 9.17) is 4.74 Å². The molecule has 3 atom stereocenters. The Morgan fingerprint density at radius 1 is 1.05 bits per heavy atom. The molecule has 10 nitrogen and oxygen atoms in total. The number of aliphatic hydroxyl groups excluding tert-OH is 1. The van der Waals surface area contributed by atoms with Crippen molar-refractivity contribution >= 4 is 40.1 Å². The molecule has 0 radical (unpaired) electrons. The molecular formula is C34H43N5O5. The van der Waals surface area contributed by atoms with Crippen LogP contribution in [0.3, 0.4) is 0 Å². The number of fused-ring (bicyclic) bond motifs is 2. The van der Waals surface area contributed by atoms with Gasteiger partial charge in [0.05, 0.1) is 30.4 Å². The van der Waals surface area contributed by atoms with Crippen molar-refractivity contribution in [3.05, 3.63) is 66.2 Å². The number of rotatable bonds is 7. The lowest BCUT2D eigenvalue weighted by molar-refractivity contribution is 0.0371. The summed E-state index contributed by atoms with van der Waals surface area (Å²) in [7, 11) is 1.72. The van der Waals surface area contributed by atoms with E-state index >= 15 is 0 Å². The van der Waals surface area contributed by atoms with Crippen molar-refractivity contribution in [3.63, 3.8) is 0 Å². The predicted molar refractivity (Wildman–Crippen MR) is 172 cm³/mol. The van der Waals surface area contributed by atoms with Crippen LogP contribution in [0.1, 0.15) is 56.3 Å². The van der Waals surface area contributed by atoms with Crippen molar-refractivity contribution < 1.29 is 24.2 Å². The molecule has 5 rings (SSSR count). The SMILES string of the molecule is C[C@@H]1CN([C@H](C)CO)C(=O)c2cc(NC(=O)NC3CCCCC3)ccc2O[C@H]1CN(C)C(=O)Nc1cccc2ccccc12. The van der Waals surface area contributed by atoms with Gasteiger partial charge in [0.15, 0.2) is 0 Å². The minimum absolute atomic E-state index is 0.149. The first kappa shape index (κ1) is 31.1. The molecule has 4 N–H and O–H groups in total. The molecule has 0 aromatic heterocycles. The van der Waals surface area contributed by atoms with Gasteiger partial charge in [0, 0.05) is 36.6 Å². The molecule has 0 bridgehead atoms. The molecule has 234 valence electrons. The molecule has 0 unspecified atom stereocenters. The van der Waals surface area contributed by atoms with Crippen LogP contribution >= 0.6 is 0 Å². The maximum Gasteiger partial charge on any atom is 0.321 e. The summed E-state index contributed by atoms with van der Waals surface area (Å²) in [5, 5.41) is 20.9. The van der Waals surface area contributed by atoms with E-state index in [-0.39, 0.29) is 43.1 Å². The lowest BCUT2D eigenvalue weighted by Crippen LogP contribution is -2.50. The van der Waals surface area contributed by atoms with Crippen molar-refractivity contribution in [2.45, 2.75) is 64.1 Å².